The van der Waals surface area contributed by atoms with Crippen LogP contribution in [-0.2, 0) is 17.8 Å². The number of carboxylic acids is 1. The van der Waals surface area contributed by atoms with Crippen molar-refractivity contribution >= 4 is 57.8 Å². The van der Waals surface area contributed by atoms with Crippen LogP contribution in [0.5, 0.6) is 0 Å². The van der Waals surface area contributed by atoms with E-state index in [1.54, 1.807) is 29.3 Å². The van der Waals surface area contributed by atoms with E-state index in [9.17, 15) is 29.7 Å². The highest BCUT2D eigenvalue weighted by Gasteiger charge is 2.32. The lowest BCUT2D eigenvalue weighted by Crippen LogP contribution is -2.44. The fraction of sp³-hybridized carbons (Fsp3) is 0.367. The van der Waals surface area contributed by atoms with Gasteiger partial charge in [-0.2, -0.15) is 5.26 Å². The van der Waals surface area contributed by atoms with E-state index in [2.05, 4.69) is 15.6 Å². The summed E-state index contributed by atoms with van der Waals surface area (Å²) >= 11 is 13.1. The van der Waals surface area contributed by atoms with Gasteiger partial charge in [-0.15, -0.1) is 0 Å². The standard InChI is InChI=1S/C30H29Cl2N5O7/c31-21-9-17-13-37(29(41)24-10-15-3-1-2-4-23(15)44-24)6-5-20(17)26(32)25(21)28(40)36-22(30(42)43)12-34-27(35-14-33)16-7-18(38)11-19(39)8-16/h1-4,9-10,16,18-19,22,38-39H,5-8,11-13H2,(H,34,35)(H,36,40)(H,42,43)/t16?,18-,19+,22-/m0/s1. The number of rotatable bonds is 7. The van der Waals surface area contributed by atoms with E-state index in [0.717, 1.165) is 5.39 Å². The Morgan fingerprint density at radius 1 is 1.14 bits per heavy atom. The minimum atomic E-state index is -1.50. The number of para-hydroxylation sites is 1. The van der Waals surface area contributed by atoms with Crippen molar-refractivity contribution in [2.45, 2.75) is 50.5 Å². The van der Waals surface area contributed by atoms with Gasteiger partial charge in [0.05, 0.1) is 34.4 Å². The molecule has 4 atom stereocenters. The lowest BCUT2D eigenvalue weighted by Gasteiger charge is -2.30. The van der Waals surface area contributed by atoms with Crippen LogP contribution in [0.4, 0.5) is 0 Å². The Balaban J connectivity index is 1.31. The fourth-order valence-electron chi connectivity index (χ4n) is 5.69. The number of carbonyl (C=O) groups is 3. The summed E-state index contributed by atoms with van der Waals surface area (Å²) in [6.45, 7) is 0.0437. The number of aliphatic imine (C=N–C) groups is 1. The zero-order chi connectivity index (χ0) is 31.5. The molecule has 12 nitrogen and oxygen atoms in total. The predicted molar refractivity (Wildman–Crippen MR) is 160 cm³/mol. The first-order chi connectivity index (χ1) is 21.0. The molecule has 0 bridgehead atoms. The molecule has 2 amide bonds. The third kappa shape index (κ3) is 6.66. The van der Waals surface area contributed by atoms with E-state index < -0.39 is 42.6 Å². The summed E-state index contributed by atoms with van der Waals surface area (Å²) in [5, 5.41) is 44.6. The van der Waals surface area contributed by atoms with E-state index >= 15 is 0 Å². The first kappa shape index (κ1) is 31.3. The Hall–Kier alpha value is -4.15. The van der Waals surface area contributed by atoms with Gasteiger partial charge >= 0.3 is 5.97 Å². The number of nitrogens with zero attached hydrogens (tertiary/aromatic N) is 3. The highest BCUT2D eigenvalue weighted by atomic mass is 35.5. The predicted octanol–water partition coefficient (Wildman–Crippen LogP) is 3.11. The molecular weight excluding hydrogens is 613 g/mol. The van der Waals surface area contributed by atoms with Crippen LogP contribution in [0.1, 0.15) is 51.3 Å². The quantitative estimate of drug-likeness (QED) is 0.112. The monoisotopic (exact) mass is 641 g/mol. The second-order valence-corrected chi connectivity index (χ2v) is 11.6. The van der Waals surface area contributed by atoms with Crippen LogP contribution in [0, 0.1) is 17.4 Å². The number of halogens is 2. The number of aliphatic carboxylic acids is 1. The highest BCUT2D eigenvalue weighted by molar-refractivity contribution is 6.40. The molecule has 0 saturated heterocycles. The summed E-state index contributed by atoms with van der Waals surface area (Å²) in [4.78, 5) is 44.3. The van der Waals surface area contributed by atoms with Gasteiger partial charge < -0.3 is 30.0 Å². The average molecular weight is 642 g/mol. The van der Waals surface area contributed by atoms with Gasteiger partial charge in [0.1, 0.15) is 17.5 Å². The van der Waals surface area contributed by atoms with Crippen LogP contribution in [0.2, 0.25) is 10.0 Å². The number of hydrogen-bond donors (Lipinski definition) is 5. The molecule has 1 saturated carbocycles. The molecule has 5 rings (SSSR count). The second kappa shape index (κ2) is 13.2. The van der Waals surface area contributed by atoms with Crippen molar-refractivity contribution in [1.29, 1.82) is 5.26 Å². The van der Waals surface area contributed by atoms with Crippen LogP contribution in [0.3, 0.4) is 0 Å². The maximum atomic E-state index is 13.3. The van der Waals surface area contributed by atoms with Gasteiger partial charge in [-0.25, -0.2) is 4.79 Å². The van der Waals surface area contributed by atoms with Crippen LogP contribution in [0.25, 0.3) is 11.0 Å². The van der Waals surface area contributed by atoms with Crippen LogP contribution in [-0.4, -0.2) is 75.2 Å². The Labute approximate surface area is 261 Å². The largest absolute Gasteiger partial charge is 0.480 e. The topological polar surface area (TPSA) is 188 Å². The van der Waals surface area contributed by atoms with Crippen molar-refractivity contribution in [3.8, 4) is 6.19 Å². The van der Waals surface area contributed by atoms with Crippen molar-refractivity contribution in [3.63, 3.8) is 0 Å². The number of nitriles is 1. The maximum absolute atomic E-state index is 13.3. The summed E-state index contributed by atoms with van der Waals surface area (Å²) in [7, 11) is 0. The van der Waals surface area contributed by atoms with E-state index in [4.69, 9.17) is 32.9 Å². The van der Waals surface area contributed by atoms with Gasteiger partial charge in [0.2, 0.25) is 0 Å². The Morgan fingerprint density at radius 2 is 1.86 bits per heavy atom. The number of furan rings is 1. The van der Waals surface area contributed by atoms with Gasteiger partial charge in [-0.1, -0.05) is 41.4 Å². The summed E-state index contributed by atoms with van der Waals surface area (Å²) in [5.74, 6) is -2.70. The number of nitrogens with one attached hydrogen (secondary N) is 2. The molecule has 1 aromatic heterocycles. The molecule has 1 aliphatic carbocycles. The van der Waals surface area contributed by atoms with Crippen LogP contribution in [0.15, 0.2) is 45.8 Å². The van der Waals surface area contributed by atoms with Crippen LogP contribution >= 0.6 is 23.2 Å². The minimum absolute atomic E-state index is 0.0195. The summed E-state index contributed by atoms with van der Waals surface area (Å²) in [5.41, 5.74) is 1.77. The molecule has 1 unspecified atom stereocenters. The molecule has 14 heteroatoms. The lowest BCUT2D eigenvalue weighted by molar-refractivity contribution is -0.138. The third-order valence-electron chi connectivity index (χ3n) is 7.83. The van der Waals surface area contributed by atoms with Crippen molar-refractivity contribution in [1.82, 2.24) is 15.5 Å². The molecule has 0 spiro atoms. The average Bonchev–Trinajstić information content (AvgIpc) is 3.41. The molecule has 2 heterocycles. The molecule has 3 aromatic rings. The number of aliphatic hydroxyl groups is 2. The molecule has 230 valence electrons. The molecule has 2 aromatic carbocycles. The van der Waals surface area contributed by atoms with Gasteiger partial charge in [0.15, 0.2) is 12.0 Å². The Morgan fingerprint density at radius 3 is 2.55 bits per heavy atom. The van der Waals surface area contributed by atoms with E-state index in [1.165, 1.54) is 0 Å². The highest BCUT2D eigenvalue weighted by Crippen LogP contribution is 2.35. The smallest absolute Gasteiger partial charge is 0.328 e. The Bertz CT molecular complexity index is 1640. The van der Waals surface area contributed by atoms with Crippen LogP contribution < -0.4 is 10.6 Å². The van der Waals surface area contributed by atoms with E-state index in [0.29, 0.717) is 29.7 Å². The second-order valence-electron chi connectivity index (χ2n) is 10.8. The van der Waals surface area contributed by atoms with Crippen molar-refractivity contribution in [3.05, 3.63) is 68.9 Å². The molecular formula is C30H29Cl2N5O7. The number of amidine groups is 1. The SMILES string of the molecule is N#CNC(=NC[C@H](NC(=O)c1c(Cl)cc2c(c1Cl)CCN(C(=O)c1cc3ccccc3o1)C2)C(=O)O)C1C[C@@H](O)C[C@@H](O)C1. The summed E-state index contributed by atoms with van der Waals surface area (Å²) < 4.78 is 5.72. The molecule has 5 N–H and O–H groups in total. The molecule has 1 aliphatic heterocycles. The number of aliphatic hydroxyl groups excluding tert-OH is 2. The normalized spacial score (nSPS) is 20.8. The number of carbonyl (C=O) groups excluding carboxylic acids is 2. The first-order valence-corrected chi connectivity index (χ1v) is 14.7. The van der Waals surface area contributed by atoms with Gasteiger partial charge in [-0.3, -0.25) is 19.9 Å². The minimum Gasteiger partial charge on any atom is -0.480 e. The van der Waals surface area contributed by atoms with E-state index in [-0.39, 0.29) is 58.9 Å². The zero-order valence-electron chi connectivity index (χ0n) is 23.3. The molecule has 44 heavy (non-hydrogen) atoms. The number of benzene rings is 2. The van der Waals surface area contributed by atoms with Gasteiger partial charge in [0.25, 0.3) is 11.8 Å². The lowest BCUT2D eigenvalue weighted by atomic mass is 9.84. The van der Waals surface area contributed by atoms with Gasteiger partial charge in [0, 0.05) is 24.4 Å². The maximum Gasteiger partial charge on any atom is 0.328 e. The zero-order valence-corrected chi connectivity index (χ0v) is 24.8. The van der Waals surface area contributed by atoms with Crippen molar-refractivity contribution < 1.29 is 34.1 Å². The molecule has 2 aliphatic rings. The van der Waals surface area contributed by atoms with Crippen molar-refractivity contribution in [2.24, 2.45) is 10.9 Å². The Kier molecular flexibility index (Phi) is 9.41. The molecule has 0 radical (unpaired) electrons. The number of hydrogen-bond acceptors (Lipinski definition) is 8. The first-order valence-electron chi connectivity index (χ1n) is 13.9. The summed E-state index contributed by atoms with van der Waals surface area (Å²) in [6, 6.07) is 9.02. The summed E-state index contributed by atoms with van der Waals surface area (Å²) in [6.07, 6.45) is 1.13. The number of amides is 2. The van der Waals surface area contributed by atoms with Crippen molar-refractivity contribution in [2.75, 3.05) is 13.1 Å². The fourth-order valence-corrected chi connectivity index (χ4v) is 6.46. The number of fused-ring (bicyclic) bond motifs is 2. The number of carboxylic acid groups (broad SMARTS) is 1. The van der Waals surface area contributed by atoms with Gasteiger partial charge in [-0.05, 0) is 55.0 Å². The molecule has 1 fully saturated rings. The van der Waals surface area contributed by atoms with E-state index in [1.807, 2.05) is 18.2 Å². The third-order valence-corrected chi connectivity index (χ3v) is 8.55.